The van der Waals surface area contributed by atoms with Crippen LogP contribution in [0.2, 0.25) is 5.02 Å². The molecule has 0 aliphatic rings. The van der Waals surface area contributed by atoms with Gasteiger partial charge in [-0.25, -0.2) is 0 Å². The Morgan fingerprint density at radius 3 is 2.87 bits per heavy atom. The summed E-state index contributed by atoms with van der Waals surface area (Å²) in [7, 11) is 0. The van der Waals surface area contributed by atoms with Crippen LogP contribution in [-0.4, -0.2) is 18.3 Å². The summed E-state index contributed by atoms with van der Waals surface area (Å²) in [5, 5.41) is 3.36. The lowest BCUT2D eigenvalue weighted by molar-refractivity contribution is 0.0953. The number of carbonyl (C=O) groups excluding carboxylic acids is 1. The van der Waals surface area contributed by atoms with Gasteiger partial charge in [0.05, 0.1) is 0 Å². The first-order chi connectivity index (χ1) is 7.15. The summed E-state index contributed by atoms with van der Waals surface area (Å²) in [6.07, 6.45) is 0.771. The summed E-state index contributed by atoms with van der Waals surface area (Å²) in [6.45, 7) is 2.47. The van der Waals surface area contributed by atoms with Crippen molar-refractivity contribution in [1.29, 1.82) is 0 Å². The van der Waals surface area contributed by atoms with Crippen molar-refractivity contribution in [1.82, 2.24) is 5.32 Å². The molecule has 1 N–H and O–H groups in total. The van der Waals surface area contributed by atoms with Crippen molar-refractivity contribution >= 4 is 29.1 Å². The van der Waals surface area contributed by atoms with Gasteiger partial charge in [-0.15, -0.1) is 11.6 Å². The highest BCUT2D eigenvalue weighted by atomic mass is 35.5. The number of amides is 1. The lowest BCUT2D eigenvalue weighted by atomic mass is 10.1. The van der Waals surface area contributed by atoms with Gasteiger partial charge in [-0.1, -0.05) is 17.7 Å². The molecule has 82 valence electrons. The first-order valence-corrected chi connectivity index (χ1v) is 5.66. The fraction of sp³-hybridized carbons (Fsp3) is 0.364. The third-order valence-corrected chi connectivity index (χ3v) is 2.54. The predicted molar refractivity (Wildman–Crippen MR) is 63.9 cm³/mol. The van der Waals surface area contributed by atoms with Gasteiger partial charge in [0, 0.05) is 23.0 Å². The third kappa shape index (κ3) is 3.73. The number of carbonyl (C=O) groups is 1. The van der Waals surface area contributed by atoms with E-state index in [1.165, 1.54) is 0 Å². The van der Waals surface area contributed by atoms with Crippen LogP contribution in [0.15, 0.2) is 18.2 Å². The lowest BCUT2D eigenvalue weighted by Gasteiger charge is -2.07. The second-order valence-corrected chi connectivity index (χ2v) is 4.07. The number of hydrogen-bond donors (Lipinski definition) is 1. The van der Waals surface area contributed by atoms with Crippen LogP contribution in [0.5, 0.6) is 0 Å². The van der Waals surface area contributed by atoms with Crippen LogP contribution in [0.3, 0.4) is 0 Å². The molecule has 1 aromatic rings. The summed E-state index contributed by atoms with van der Waals surface area (Å²) in [5.41, 5.74) is 1.54. The Morgan fingerprint density at radius 1 is 1.47 bits per heavy atom. The zero-order valence-corrected chi connectivity index (χ0v) is 10.0. The SMILES string of the molecule is Cc1ccc(Cl)cc1C(=O)NCCCCl. The standard InChI is InChI=1S/C11H13Cl2NO/c1-8-3-4-9(13)7-10(8)11(15)14-6-2-5-12/h3-4,7H,2,5-6H2,1H3,(H,14,15). The maximum atomic E-state index is 11.7. The molecule has 0 unspecified atom stereocenters. The maximum Gasteiger partial charge on any atom is 0.251 e. The number of benzene rings is 1. The zero-order valence-electron chi connectivity index (χ0n) is 8.52. The third-order valence-electron chi connectivity index (χ3n) is 2.04. The summed E-state index contributed by atoms with van der Waals surface area (Å²) >= 11 is 11.3. The molecule has 0 fully saturated rings. The van der Waals surface area contributed by atoms with E-state index in [0.29, 0.717) is 23.0 Å². The quantitative estimate of drug-likeness (QED) is 0.642. The Kier molecular flexibility index (Phi) is 4.92. The van der Waals surface area contributed by atoms with E-state index in [1.807, 2.05) is 13.0 Å². The zero-order chi connectivity index (χ0) is 11.3. The van der Waals surface area contributed by atoms with Gasteiger partial charge in [0.25, 0.3) is 5.91 Å². The van der Waals surface area contributed by atoms with E-state index in [-0.39, 0.29) is 5.91 Å². The Hall–Kier alpha value is -0.730. The lowest BCUT2D eigenvalue weighted by Crippen LogP contribution is -2.25. The van der Waals surface area contributed by atoms with Crippen LogP contribution >= 0.6 is 23.2 Å². The smallest absolute Gasteiger partial charge is 0.251 e. The van der Waals surface area contributed by atoms with Crippen molar-refractivity contribution in [2.24, 2.45) is 0 Å². The number of hydrogen-bond acceptors (Lipinski definition) is 1. The van der Waals surface area contributed by atoms with E-state index in [0.717, 1.165) is 12.0 Å². The van der Waals surface area contributed by atoms with Crippen LogP contribution in [0.1, 0.15) is 22.3 Å². The number of nitrogens with one attached hydrogen (secondary N) is 1. The van der Waals surface area contributed by atoms with E-state index >= 15 is 0 Å². The molecule has 2 nitrogen and oxygen atoms in total. The minimum atomic E-state index is -0.0971. The fourth-order valence-corrected chi connectivity index (χ4v) is 1.51. The average Bonchev–Trinajstić information content (AvgIpc) is 2.22. The van der Waals surface area contributed by atoms with Crippen molar-refractivity contribution < 1.29 is 4.79 Å². The molecular formula is C11H13Cl2NO. The van der Waals surface area contributed by atoms with E-state index in [4.69, 9.17) is 23.2 Å². The van der Waals surface area contributed by atoms with Gasteiger partial charge in [0.2, 0.25) is 0 Å². The molecule has 0 spiro atoms. The largest absolute Gasteiger partial charge is 0.352 e. The minimum Gasteiger partial charge on any atom is -0.352 e. The number of alkyl halides is 1. The molecule has 0 atom stereocenters. The Morgan fingerprint density at radius 2 is 2.20 bits per heavy atom. The molecule has 1 amide bonds. The van der Waals surface area contributed by atoms with Gasteiger partial charge < -0.3 is 5.32 Å². The van der Waals surface area contributed by atoms with Crippen molar-refractivity contribution in [3.63, 3.8) is 0 Å². The summed E-state index contributed by atoms with van der Waals surface area (Å²) in [4.78, 5) is 11.7. The average molecular weight is 246 g/mol. The molecule has 0 radical (unpaired) electrons. The van der Waals surface area contributed by atoms with E-state index < -0.39 is 0 Å². The molecule has 1 aromatic carbocycles. The molecule has 0 saturated carbocycles. The summed E-state index contributed by atoms with van der Waals surface area (Å²) < 4.78 is 0. The molecule has 0 aliphatic heterocycles. The van der Waals surface area contributed by atoms with E-state index in [9.17, 15) is 4.79 Å². The van der Waals surface area contributed by atoms with Crippen LogP contribution in [0, 0.1) is 6.92 Å². The van der Waals surface area contributed by atoms with Crippen LogP contribution in [-0.2, 0) is 0 Å². The Balaban J connectivity index is 2.68. The van der Waals surface area contributed by atoms with E-state index in [1.54, 1.807) is 12.1 Å². The normalized spacial score (nSPS) is 10.1. The molecule has 0 aromatic heterocycles. The van der Waals surface area contributed by atoms with Crippen LogP contribution in [0.25, 0.3) is 0 Å². The summed E-state index contributed by atoms with van der Waals surface area (Å²) in [5.74, 6) is 0.453. The van der Waals surface area contributed by atoms with Gasteiger partial charge in [0.15, 0.2) is 0 Å². The molecule has 1 rings (SSSR count). The van der Waals surface area contributed by atoms with Gasteiger partial charge >= 0.3 is 0 Å². The summed E-state index contributed by atoms with van der Waals surface area (Å²) in [6, 6.07) is 5.28. The highest BCUT2D eigenvalue weighted by Gasteiger charge is 2.08. The molecule has 15 heavy (non-hydrogen) atoms. The molecule has 0 heterocycles. The number of aryl methyl sites for hydroxylation is 1. The first-order valence-electron chi connectivity index (χ1n) is 4.75. The second kappa shape index (κ2) is 5.99. The Labute approximate surface area is 99.6 Å². The Bertz CT molecular complexity index is 352. The van der Waals surface area contributed by atoms with Crippen LogP contribution < -0.4 is 5.32 Å². The van der Waals surface area contributed by atoms with Crippen molar-refractivity contribution in [2.75, 3.05) is 12.4 Å². The number of rotatable bonds is 4. The molecular weight excluding hydrogens is 233 g/mol. The van der Waals surface area contributed by atoms with Gasteiger partial charge in [0.1, 0.15) is 0 Å². The van der Waals surface area contributed by atoms with Crippen molar-refractivity contribution in [3.8, 4) is 0 Å². The second-order valence-electron chi connectivity index (χ2n) is 3.26. The van der Waals surface area contributed by atoms with Gasteiger partial charge in [-0.2, -0.15) is 0 Å². The minimum absolute atomic E-state index is 0.0971. The number of halogens is 2. The topological polar surface area (TPSA) is 29.1 Å². The molecule has 0 aliphatic carbocycles. The molecule has 4 heteroatoms. The fourth-order valence-electron chi connectivity index (χ4n) is 1.20. The monoisotopic (exact) mass is 245 g/mol. The van der Waals surface area contributed by atoms with Gasteiger partial charge in [-0.05, 0) is 31.0 Å². The molecule has 0 saturated heterocycles. The highest BCUT2D eigenvalue weighted by molar-refractivity contribution is 6.31. The van der Waals surface area contributed by atoms with E-state index in [2.05, 4.69) is 5.32 Å². The van der Waals surface area contributed by atoms with Crippen molar-refractivity contribution in [2.45, 2.75) is 13.3 Å². The predicted octanol–water partition coefficient (Wildman–Crippen LogP) is 3.01. The molecule has 0 bridgehead atoms. The van der Waals surface area contributed by atoms with Crippen molar-refractivity contribution in [3.05, 3.63) is 34.3 Å². The first kappa shape index (κ1) is 12.3. The highest BCUT2D eigenvalue weighted by Crippen LogP contribution is 2.15. The van der Waals surface area contributed by atoms with Crippen LogP contribution in [0.4, 0.5) is 0 Å². The van der Waals surface area contributed by atoms with Gasteiger partial charge in [-0.3, -0.25) is 4.79 Å². The maximum absolute atomic E-state index is 11.7.